The number of rotatable bonds is 1. The Labute approximate surface area is 99.2 Å². The summed E-state index contributed by atoms with van der Waals surface area (Å²) in [6, 6.07) is 8.10. The number of fused-ring (bicyclic) bond motifs is 3. The maximum atomic E-state index is 5.21. The van der Waals surface area contributed by atoms with Gasteiger partial charge in [0.25, 0.3) is 0 Å². The number of aryl methyl sites for hydroxylation is 1. The highest BCUT2D eigenvalue weighted by atomic mass is 16.5. The molecule has 0 aliphatic rings. The Hall–Kier alpha value is -2.07. The first-order valence-corrected chi connectivity index (χ1v) is 5.20. The standard InChI is InChI=1S/C13H12N2O.H3N/c1-8-13-11(5-6-14-8)10-4-3-9(16-2)7-12(10)15-13;/h3-7,15H,1-2H3;1H3. The summed E-state index contributed by atoms with van der Waals surface area (Å²) in [7, 11) is 1.68. The third-order valence-electron chi connectivity index (χ3n) is 2.92. The zero-order valence-corrected chi connectivity index (χ0v) is 9.95. The molecule has 2 aromatic heterocycles. The molecule has 0 fully saturated rings. The SMILES string of the molecule is COc1ccc2c(c1)[nH]c1c(C)nccc12.N. The van der Waals surface area contributed by atoms with E-state index in [4.69, 9.17) is 4.74 Å². The second kappa shape index (κ2) is 4.07. The average molecular weight is 229 g/mol. The van der Waals surface area contributed by atoms with Crippen LogP contribution in [0, 0.1) is 6.92 Å². The fourth-order valence-electron chi connectivity index (χ4n) is 2.07. The lowest BCUT2D eigenvalue weighted by molar-refractivity contribution is 0.415. The Bertz CT molecular complexity index is 673. The van der Waals surface area contributed by atoms with Gasteiger partial charge in [-0.05, 0) is 25.1 Å². The van der Waals surface area contributed by atoms with Gasteiger partial charge in [-0.2, -0.15) is 0 Å². The monoisotopic (exact) mass is 229 g/mol. The van der Waals surface area contributed by atoms with E-state index in [1.54, 1.807) is 7.11 Å². The molecule has 0 amide bonds. The maximum absolute atomic E-state index is 5.21. The van der Waals surface area contributed by atoms with Crippen molar-refractivity contribution in [3.63, 3.8) is 0 Å². The second-order valence-corrected chi connectivity index (χ2v) is 3.86. The first kappa shape index (κ1) is 11.4. The summed E-state index contributed by atoms with van der Waals surface area (Å²) in [5.41, 5.74) is 3.21. The highest BCUT2D eigenvalue weighted by molar-refractivity contribution is 6.08. The molecule has 0 saturated carbocycles. The first-order chi connectivity index (χ1) is 7.79. The molecule has 2 heterocycles. The van der Waals surface area contributed by atoms with Gasteiger partial charge in [-0.25, -0.2) is 0 Å². The zero-order valence-electron chi connectivity index (χ0n) is 9.95. The van der Waals surface area contributed by atoms with Gasteiger partial charge in [0.05, 0.1) is 23.8 Å². The molecule has 0 radical (unpaired) electrons. The van der Waals surface area contributed by atoms with Crippen molar-refractivity contribution in [1.82, 2.24) is 16.1 Å². The largest absolute Gasteiger partial charge is 0.497 e. The predicted molar refractivity (Wildman–Crippen MR) is 69.9 cm³/mol. The summed E-state index contributed by atoms with van der Waals surface area (Å²) in [6.07, 6.45) is 1.84. The minimum atomic E-state index is 0. The van der Waals surface area contributed by atoms with Crippen LogP contribution in [-0.2, 0) is 0 Å². The van der Waals surface area contributed by atoms with E-state index in [9.17, 15) is 0 Å². The van der Waals surface area contributed by atoms with Crippen molar-refractivity contribution in [1.29, 1.82) is 0 Å². The lowest BCUT2D eigenvalue weighted by atomic mass is 10.1. The van der Waals surface area contributed by atoms with E-state index in [-0.39, 0.29) is 6.15 Å². The van der Waals surface area contributed by atoms with Crippen LogP contribution in [0.2, 0.25) is 0 Å². The van der Waals surface area contributed by atoms with Gasteiger partial charge in [0.2, 0.25) is 0 Å². The molecule has 0 unspecified atom stereocenters. The van der Waals surface area contributed by atoms with Crippen molar-refractivity contribution in [2.45, 2.75) is 6.92 Å². The van der Waals surface area contributed by atoms with E-state index >= 15 is 0 Å². The van der Waals surface area contributed by atoms with Gasteiger partial charge in [-0.3, -0.25) is 4.98 Å². The van der Waals surface area contributed by atoms with E-state index in [0.717, 1.165) is 22.5 Å². The minimum absolute atomic E-state index is 0. The van der Waals surface area contributed by atoms with E-state index < -0.39 is 0 Å². The number of ether oxygens (including phenoxy) is 1. The Kier molecular flexibility index (Phi) is 2.73. The average Bonchev–Trinajstić information content (AvgIpc) is 2.68. The summed E-state index contributed by atoms with van der Waals surface area (Å²) in [4.78, 5) is 7.66. The number of aromatic amines is 1. The summed E-state index contributed by atoms with van der Waals surface area (Å²) in [5, 5.41) is 2.42. The van der Waals surface area contributed by atoms with Crippen LogP contribution < -0.4 is 10.9 Å². The Morgan fingerprint density at radius 2 is 2.00 bits per heavy atom. The van der Waals surface area contributed by atoms with Crippen molar-refractivity contribution < 1.29 is 4.74 Å². The number of hydrogen-bond acceptors (Lipinski definition) is 3. The molecular formula is C13H15N3O. The second-order valence-electron chi connectivity index (χ2n) is 3.86. The zero-order chi connectivity index (χ0) is 11.1. The van der Waals surface area contributed by atoms with Gasteiger partial charge in [-0.15, -0.1) is 0 Å². The van der Waals surface area contributed by atoms with Crippen molar-refractivity contribution in [3.8, 4) is 5.75 Å². The number of hydrogen-bond donors (Lipinski definition) is 2. The topological polar surface area (TPSA) is 72.9 Å². The maximum Gasteiger partial charge on any atom is 0.120 e. The molecule has 3 rings (SSSR count). The molecule has 3 aromatic rings. The van der Waals surface area contributed by atoms with Crippen molar-refractivity contribution in [2.75, 3.05) is 7.11 Å². The molecular weight excluding hydrogens is 214 g/mol. The lowest BCUT2D eigenvalue weighted by Gasteiger charge is -1.98. The van der Waals surface area contributed by atoms with Gasteiger partial charge in [-0.1, -0.05) is 0 Å². The molecule has 0 aliphatic heterocycles. The first-order valence-electron chi connectivity index (χ1n) is 5.20. The fraction of sp³-hybridized carbons (Fsp3) is 0.154. The normalized spacial score (nSPS) is 10.5. The van der Waals surface area contributed by atoms with Crippen LogP contribution in [0.1, 0.15) is 5.69 Å². The van der Waals surface area contributed by atoms with Gasteiger partial charge < -0.3 is 15.9 Å². The van der Waals surface area contributed by atoms with E-state index in [0.29, 0.717) is 0 Å². The number of nitrogens with one attached hydrogen (secondary N) is 1. The van der Waals surface area contributed by atoms with Gasteiger partial charge >= 0.3 is 0 Å². The van der Waals surface area contributed by atoms with Gasteiger partial charge in [0.1, 0.15) is 5.75 Å². The number of aromatic nitrogens is 2. The lowest BCUT2D eigenvalue weighted by Crippen LogP contribution is -1.80. The van der Waals surface area contributed by atoms with E-state index in [1.165, 1.54) is 10.8 Å². The highest BCUT2D eigenvalue weighted by Gasteiger charge is 2.06. The quantitative estimate of drug-likeness (QED) is 0.673. The third-order valence-corrected chi connectivity index (χ3v) is 2.92. The van der Waals surface area contributed by atoms with Gasteiger partial charge in [0, 0.05) is 23.0 Å². The van der Waals surface area contributed by atoms with Crippen LogP contribution in [-0.4, -0.2) is 17.1 Å². The molecule has 0 aliphatic carbocycles. The molecule has 1 aromatic carbocycles. The third kappa shape index (κ3) is 1.62. The van der Waals surface area contributed by atoms with Crippen molar-refractivity contribution >= 4 is 21.8 Å². The van der Waals surface area contributed by atoms with Crippen LogP contribution in [0.15, 0.2) is 30.5 Å². The van der Waals surface area contributed by atoms with Crippen LogP contribution >= 0.6 is 0 Å². The summed E-state index contributed by atoms with van der Waals surface area (Å²) in [5.74, 6) is 0.865. The number of methoxy groups -OCH3 is 1. The molecule has 4 nitrogen and oxygen atoms in total. The summed E-state index contributed by atoms with van der Waals surface area (Å²) in [6.45, 7) is 2.01. The number of pyridine rings is 1. The molecule has 0 spiro atoms. The molecule has 0 saturated heterocycles. The van der Waals surface area contributed by atoms with Gasteiger partial charge in [0.15, 0.2) is 0 Å². The van der Waals surface area contributed by atoms with E-state index in [2.05, 4.69) is 16.0 Å². The highest BCUT2D eigenvalue weighted by Crippen LogP contribution is 2.28. The Morgan fingerprint density at radius 1 is 1.18 bits per heavy atom. The Morgan fingerprint density at radius 3 is 2.76 bits per heavy atom. The molecule has 0 atom stereocenters. The minimum Gasteiger partial charge on any atom is -0.497 e. The summed E-state index contributed by atoms with van der Waals surface area (Å²) >= 11 is 0. The van der Waals surface area contributed by atoms with Crippen LogP contribution in [0.3, 0.4) is 0 Å². The van der Waals surface area contributed by atoms with Crippen LogP contribution in [0.4, 0.5) is 0 Å². The predicted octanol–water partition coefficient (Wildman–Crippen LogP) is 3.20. The number of benzene rings is 1. The van der Waals surface area contributed by atoms with Crippen molar-refractivity contribution in [2.24, 2.45) is 0 Å². The van der Waals surface area contributed by atoms with E-state index in [1.807, 2.05) is 31.3 Å². The fourth-order valence-corrected chi connectivity index (χ4v) is 2.07. The van der Waals surface area contributed by atoms with Crippen LogP contribution in [0.5, 0.6) is 5.75 Å². The van der Waals surface area contributed by atoms with Crippen molar-refractivity contribution in [3.05, 3.63) is 36.2 Å². The number of nitrogens with zero attached hydrogens (tertiary/aromatic N) is 1. The summed E-state index contributed by atoms with van der Waals surface area (Å²) < 4.78 is 5.21. The van der Waals surface area contributed by atoms with Crippen LogP contribution in [0.25, 0.3) is 21.8 Å². The molecule has 17 heavy (non-hydrogen) atoms. The molecule has 4 heteroatoms. The molecule has 0 bridgehead atoms. The Balaban J connectivity index is 0.00000108. The molecule has 88 valence electrons. The molecule has 4 N–H and O–H groups in total. The smallest absolute Gasteiger partial charge is 0.120 e. The number of H-pyrrole nitrogens is 1.